The van der Waals surface area contributed by atoms with E-state index in [1.165, 1.54) is 36.4 Å². The van der Waals surface area contributed by atoms with Gasteiger partial charge in [0.15, 0.2) is 0 Å². The maximum atomic E-state index is 12.8. The van der Waals surface area contributed by atoms with Crippen LogP contribution in [0.4, 0.5) is 18.9 Å². The van der Waals surface area contributed by atoms with Crippen LogP contribution in [0, 0.1) is 5.82 Å². The summed E-state index contributed by atoms with van der Waals surface area (Å²) >= 11 is 0. The number of anilines is 1. The van der Waals surface area contributed by atoms with Gasteiger partial charge >= 0.3 is 6.61 Å². The number of likely N-dealkylation sites (N-methyl/N-ethyl adjacent to an activating group) is 1. The summed E-state index contributed by atoms with van der Waals surface area (Å²) in [6.45, 7) is -2.26. The summed E-state index contributed by atoms with van der Waals surface area (Å²) in [5, 5.41) is 2.66. The Bertz CT molecular complexity index is 661. The molecule has 1 N–H and O–H groups in total. The van der Waals surface area contributed by atoms with Gasteiger partial charge < -0.3 is 10.1 Å². The zero-order chi connectivity index (χ0) is 17.5. The summed E-state index contributed by atoms with van der Waals surface area (Å²) in [7, 11) is 1.77. The number of nitrogens with zero attached hydrogens (tertiary/aromatic N) is 1. The number of halogens is 3. The topological polar surface area (TPSA) is 41.6 Å². The lowest BCUT2D eigenvalue weighted by atomic mass is 10.2. The summed E-state index contributed by atoms with van der Waals surface area (Å²) in [5.74, 6) is -0.531. The second-order valence-electron chi connectivity index (χ2n) is 5.25. The molecule has 2 rings (SSSR count). The normalized spacial score (nSPS) is 10.9. The number of amides is 1. The first kappa shape index (κ1) is 17.8. The Morgan fingerprint density at radius 3 is 2.33 bits per heavy atom. The number of hydrogen-bond acceptors (Lipinski definition) is 3. The average molecular weight is 338 g/mol. The number of nitrogens with one attached hydrogen (secondary N) is 1. The van der Waals surface area contributed by atoms with Crippen molar-refractivity contribution in [2.24, 2.45) is 0 Å². The van der Waals surface area contributed by atoms with Crippen molar-refractivity contribution in [3.8, 4) is 5.75 Å². The zero-order valence-corrected chi connectivity index (χ0v) is 13.0. The Labute approximate surface area is 137 Å². The predicted octanol–water partition coefficient (Wildman–Crippen LogP) is 3.50. The highest BCUT2D eigenvalue weighted by Gasteiger charge is 2.09. The maximum Gasteiger partial charge on any atom is 0.387 e. The lowest BCUT2D eigenvalue weighted by molar-refractivity contribution is -0.117. The van der Waals surface area contributed by atoms with Gasteiger partial charge in [0.25, 0.3) is 0 Å². The van der Waals surface area contributed by atoms with Crippen molar-refractivity contribution >= 4 is 11.6 Å². The minimum atomic E-state index is -2.88. The molecule has 0 aromatic heterocycles. The van der Waals surface area contributed by atoms with E-state index < -0.39 is 6.61 Å². The van der Waals surface area contributed by atoms with E-state index in [4.69, 9.17) is 0 Å². The molecule has 0 fully saturated rings. The van der Waals surface area contributed by atoms with Gasteiger partial charge in [-0.15, -0.1) is 0 Å². The molecule has 4 nitrogen and oxygen atoms in total. The van der Waals surface area contributed by atoms with Gasteiger partial charge in [0.2, 0.25) is 5.91 Å². The van der Waals surface area contributed by atoms with Gasteiger partial charge in [0, 0.05) is 12.2 Å². The van der Waals surface area contributed by atoms with Gasteiger partial charge in [-0.1, -0.05) is 12.1 Å². The van der Waals surface area contributed by atoms with E-state index in [1.54, 1.807) is 24.1 Å². The van der Waals surface area contributed by atoms with Gasteiger partial charge in [-0.2, -0.15) is 8.78 Å². The molecule has 1 amide bonds. The molecule has 2 aromatic carbocycles. The molecule has 0 atom stereocenters. The van der Waals surface area contributed by atoms with Crippen LogP contribution in [0.1, 0.15) is 5.56 Å². The van der Waals surface area contributed by atoms with Crippen LogP contribution in [0.25, 0.3) is 0 Å². The zero-order valence-electron chi connectivity index (χ0n) is 13.0. The monoisotopic (exact) mass is 338 g/mol. The number of benzene rings is 2. The Hall–Kier alpha value is -2.54. The fraction of sp³-hybridized carbons (Fsp3) is 0.235. The van der Waals surface area contributed by atoms with Gasteiger partial charge in [0.1, 0.15) is 11.6 Å². The number of rotatable bonds is 7. The Kier molecular flexibility index (Phi) is 6.20. The van der Waals surface area contributed by atoms with Crippen LogP contribution < -0.4 is 10.1 Å². The van der Waals surface area contributed by atoms with Crippen molar-refractivity contribution in [2.75, 3.05) is 18.9 Å². The van der Waals surface area contributed by atoms with Crippen LogP contribution >= 0.6 is 0 Å². The highest BCUT2D eigenvalue weighted by atomic mass is 19.3. The van der Waals surface area contributed by atoms with Crippen molar-refractivity contribution in [1.29, 1.82) is 0 Å². The van der Waals surface area contributed by atoms with Crippen LogP contribution in [0.2, 0.25) is 0 Å². The standard InChI is InChI=1S/C17H17F3N2O2/c1-22(10-12-2-4-13(18)5-3-12)11-16(23)21-14-6-8-15(9-7-14)24-17(19)20/h2-9,17H,10-11H2,1H3,(H,21,23). The number of ether oxygens (including phenoxy) is 1. The van der Waals surface area contributed by atoms with Crippen molar-refractivity contribution in [3.05, 3.63) is 59.9 Å². The summed E-state index contributed by atoms with van der Waals surface area (Å²) in [5.41, 5.74) is 1.37. The fourth-order valence-electron chi connectivity index (χ4n) is 2.12. The SMILES string of the molecule is CN(CC(=O)Nc1ccc(OC(F)F)cc1)Cc1ccc(F)cc1. The molecule has 0 radical (unpaired) electrons. The molecule has 0 aliphatic carbocycles. The highest BCUT2D eigenvalue weighted by molar-refractivity contribution is 5.92. The van der Waals surface area contributed by atoms with Crippen molar-refractivity contribution < 1.29 is 22.7 Å². The van der Waals surface area contributed by atoms with Crippen molar-refractivity contribution in [1.82, 2.24) is 4.90 Å². The molecule has 0 aliphatic rings. The largest absolute Gasteiger partial charge is 0.435 e. The first-order chi connectivity index (χ1) is 11.4. The van der Waals surface area contributed by atoms with E-state index in [0.29, 0.717) is 12.2 Å². The minimum Gasteiger partial charge on any atom is -0.435 e. The average Bonchev–Trinajstić information content (AvgIpc) is 2.51. The molecule has 128 valence electrons. The fourth-order valence-corrected chi connectivity index (χ4v) is 2.12. The van der Waals surface area contributed by atoms with E-state index in [-0.39, 0.29) is 24.0 Å². The van der Waals surface area contributed by atoms with Crippen LogP contribution in [-0.2, 0) is 11.3 Å². The van der Waals surface area contributed by atoms with E-state index in [2.05, 4.69) is 10.1 Å². The summed E-state index contributed by atoms with van der Waals surface area (Å²) < 4.78 is 41.2. The van der Waals surface area contributed by atoms with E-state index in [9.17, 15) is 18.0 Å². The van der Waals surface area contributed by atoms with Crippen LogP contribution in [0.15, 0.2) is 48.5 Å². The van der Waals surface area contributed by atoms with Crippen LogP contribution in [0.5, 0.6) is 5.75 Å². The highest BCUT2D eigenvalue weighted by Crippen LogP contribution is 2.17. The molecule has 2 aromatic rings. The van der Waals surface area contributed by atoms with Gasteiger partial charge in [0.05, 0.1) is 6.54 Å². The van der Waals surface area contributed by atoms with Crippen molar-refractivity contribution in [3.63, 3.8) is 0 Å². The third kappa shape index (κ3) is 5.92. The van der Waals surface area contributed by atoms with Gasteiger partial charge in [-0.25, -0.2) is 4.39 Å². The predicted molar refractivity (Wildman–Crippen MR) is 84.4 cm³/mol. The molecule has 0 saturated carbocycles. The number of hydrogen-bond donors (Lipinski definition) is 1. The number of carbonyl (C=O) groups is 1. The quantitative estimate of drug-likeness (QED) is 0.840. The molecule has 0 spiro atoms. The molecule has 24 heavy (non-hydrogen) atoms. The van der Waals surface area contributed by atoms with Gasteiger partial charge in [-0.05, 0) is 49.0 Å². The molecule has 7 heteroatoms. The number of alkyl halides is 2. The van der Waals surface area contributed by atoms with Crippen molar-refractivity contribution in [2.45, 2.75) is 13.2 Å². The number of carbonyl (C=O) groups excluding carboxylic acids is 1. The summed E-state index contributed by atoms with van der Waals surface area (Å²) in [6.07, 6.45) is 0. The molecular weight excluding hydrogens is 321 g/mol. The maximum absolute atomic E-state index is 12.8. The summed E-state index contributed by atoms with van der Waals surface area (Å²) in [4.78, 5) is 13.7. The van der Waals surface area contributed by atoms with Gasteiger partial charge in [-0.3, -0.25) is 9.69 Å². The molecule has 0 unspecified atom stereocenters. The lowest BCUT2D eigenvalue weighted by Crippen LogP contribution is -2.29. The van der Waals surface area contributed by atoms with E-state index in [0.717, 1.165) is 5.56 Å². The minimum absolute atomic E-state index is 0.0245. The second-order valence-corrected chi connectivity index (χ2v) is 5.25. The smallest absolute Gasteiger partial charge is 0.387 e. The molecule has 0 aliphatic heterocycles. The molecule has 0 bridgehead atoms. The molecular formula is C17H17F3N2O2. The Balaban J connectivity index is 1.82. The first-order valence-corrected chi connectivity index (χ1v) is 7.20. The third-order valence-electron chi connectivity index (χ3n) is 3.14. The van der Waals surface area contributed by atoms with E-state index >= 15 is 0 Å². The Morgan fingerprint density at radius 2 is 1.75 bits per heavy atom. The Morgan fingerprint density at radius 1 is 1.12 bits per heavy atom. The second kappa shape index (κ2) is 8.35. The molecule has 0 saturated heterocycles. The molecule has 0 heterocycles. The van der Waals surface area contributed by atoms with Crippen LogP contribution in [0.3, 0.4) is 0 Å². The lowest BCUT2D eigenvalue weighted by Gasteiger charge is -2.16. The summed E-state index contributed by atoms with van der Waals surface area (Å²) in [6, 6.07) is 11.7. The van der Waals surface area contributed by atoms with E-state index in [1.807, 2.05) is 0 Å². The van der Waals surface area contributed by atoms with Crippen LogP contribution in [-0.4, -0.2) is 31.0 Å². The third-order valence-corrected chi connectivity index (χ3v) is 3.14. The first-order valence-electron chi connectivity index (χ1n) is 7.20.